The number of hydrogen-bond acceptors (Lipinski definition) is 4. The molecule has 0 bridgehead atoms. The van der Waals surface area contributed by atoms with Crippen LogP contribution in [0.4, 0.5) is 0 Å². The molecule has 2 aromatic rings. The number of nitrogens with one attached hydrogen (secondary N) is 1. The number of aromatic nitrogens is 2. The van der Waals surface area contributed by atoms with E-state index in [2.05, 4.69) is 52.9 Å². The first-order chi connectivity index (χ1) is 9.24. The highest BCUT2D eigenvalue weighted by Gasteiger charge is 2.16. The highest BCUT2D eigenvalue weighted by molar-refractivity contribution is 7.09. The molecule has 1 atom stereocenters. The summed E-state index contributed by atoms with van der Waals surface area (Å²) in [4.78, 5) is 1.41. The van der Waals surface area contributed by atoms with Gasteiger partial charge in [-0.15, -0.1) is 11.3 Å². The molecule has 1 N–H and O–H groups in total. The number of aryl methyl sites for hydroxylation is 2. The van der Waals surface area contributed by atoms with Crippen LogP contribution in [-0.2, 0) is 12.8 Å². The van der Waals surface area contributed by atoms with Gasteiger partial charge >= 0.3 is 0 Å². The third-order valence-electron chi connectivity index (χ3n) is 3.17. The first-order valence-corrected chi connectivity index (χ1v) is 7.71. The Labute approximate surface area is 119 Å². The average molecular weight is 275 g/mol. The summed E-state index contributed by atoms with van der Waals surface area (Å²) < 4.78 is 0. The maximum absolute atomic E-state index is 4.34. The van der Waals surface area contributed by atoms with Crippen LogP contribution in [0.25, 0.3) is 0 Å². The molecule has 0 aliphatic heterocycles. The van der Waals surface area contributed by atoms with Crippen molar-refractivity contribution in [1.82, 2.24) is 15.5 Å². The minimum Gasteiger partial charge on any atom is -0.310 e. The van der Waals surface area contributed by atoms with Gasteiger partial charge in [0.2, 0.25) is 0 Å². The normalized spacial score (nSPS) is 12.6. The molecule has 0 saturated carbocycles. The summed E-state index contributed by atoms with van der Waals surface area (Å²) in [5, 5.41) is 14.2. The van der Waals surface area contributed by atoms with Crippen molar-refractivity contribution in [3.63, 3.8) is 0 Å². The van der Waals surface area contributed by atoms with Gasteiger partial charge in [-0.05, 0) is 43.0 Å². The molecule has 0 aliphatic carbocycles. The van der Waals surface area contributed by atoms with Crippen LogP contribution in [0.1, 0.15) is 41.7 Å². The van der Waals surface area contributed by atoms with Crippen molar-refractivity contribution in [3.05, 3.63) is 45.4 Å². The molecule has 19 heavy (non-hydrogen) atoms. The monoisotopic (exact) mass is 275 g/mol. The van der Waals surface area contributed by atoms with E-state index in [0.29, 0.717) is 6.04 Å². The molecule has 2 heterocycles. The summed E-state index contributed by atoms with van der Waals surface area (Å²) >= 11 is 1.81. The van der Waals surface area contributed by atoms with Crippen LogP contribution in [0, 0.1) is 6.92 Å². The number of nitrogens with zero attached hydrogens (tertiary/aromatic N) is 2. The quantitative estimate of drug-likeness (QED) is 0.879. The van der Waals surface area contributed by atoms with E-state index in [0.717, 1.165) is 30.8 Å². The number of hydrogen-bond donors (Lipinski definition) is 1. The zero-order valence-corrected chi connectivity index (χ0v) is 12.6. The van der Waals surface area contributed by atoms with E-state index in [9.17, 15) is 0 Å². The summed E-state index contributed by atoms with van der Waals surface area (Å²) in [7, 11) is 0. The molecule has 0 aliphatic rings. The number of likely N-dealkylation sites (N-methyl/N-ethyl adjacent to an activating group) is 1. The molecule has 2 aromatic heterocycles. The van der Waals surface area contributed by atoms with Crippen molar-refractivity contribution in [1.29, 1.82) is 0 Å². The largest absolute Gasteiger partial charge is 0.310 e. The SMILES string of the molecule is CCNC(Cc1cccs1)c1cc(C)nnc1CC. The molecular weight excluding hydrogens is 254 g/mol. The van der Waals surface area contributed by atoms with Crippen LogP contribution >= 0.6 is 11.3 Å². The van der Waals surface area contributed by atoms with E-state index in [1.807, 2.05) is 18.3 Å². The Morgan fingerprint density at radius 2 is 2.16 bits per heavy atom. The second kappa shape index (κ2) is 6.78. The minimum absolute atomic E-state index is 0.327. The molecule has 0 aromatic carbocycles. The average Bonchev–Trinajstić information content (AvgIpc) is 2.91. The Morgan fingerprint density at radius 3 is 2.79 bits per heavy atom. The first kappa shape index (κ1) is 14.2. The van der Waals surface area contributed by atoms with Crippen LogP contribution < -0.4 is 5.32 Å². The van der Waals surface area contributed by atoms with Gasteiger partial charge < -0.3 is 5.32 Å². The Bertz CT molecular complexity index is 508. The molecule has 0 spiro atoms. The molecule has 1 unspecified atom stereocenters. The number of rotatable bonds is 6. The fourth-order valence-corrected chi connectivity index (χ4v) is 3.03. The highest BCUT2D eigenvalue weighted by atomic mass is 32.1. The lowest BCUT2D eigenvalue weighted by molar-refractivity contribution is 0.543. The topological polar surface area (TPSA) is 37.8 Å². The third-order valence-corrected chi connectivity index (χ3v) is 4.07. The van der Waals surface area contributed by atoms with Crippen molar-refractivity contribution in [2.75, 3.05) is 6.54 Å². The lowest BCUT2D eigenvalue weighted by Gasteiger charge is -2.20. The highest BCUT2D eigenvalue weighted by Crippen LogP contribution is 2.23. The molecule has 4 heteroatoms. The fourth-order valence-electron chi connectivity index (χ4n) is 2.28. The van der Waals surface area contributed by atoms with Crippen LogP contribution in [0.5, 0.6) is 0 Å². The maximum atomic E-state index is 4.34. The Hall–Kier alpha value is -1.26. The Balaban J connectivity index is 2.29. The van der Waals surface area contributed by atoms with Gasteiger partial charge in [-0.1, -0.05) is 19.9 Å². The second-order valence-electron chi connectivity index (χ2n) is 4.64. The van der Waals surface area contributed by atoms with Gasteiger partial charge in [-0.25, -0.2) is 0 Å². The van der Waals surface area contributed by atoms with Gasteiger partial charge in [0.25, 0.3) is 0 Å². The van der Waals surface area contributed by atoms with Crippen molar-refractivity contribution < 1.29 is 0 Å². The summed E-state index contributed by atoms with van der Waals surface area (Å²) in [5.74, 6) is 0. The first-order valence-electron chi connectivity index (χ1n) is 6.83. The lowest BCUT2D eigenvalue weighted by Crippen LogP contribution is -2.24. The van der Waals surface area contributed by atoms with Crippen molar-refractivity contribution in [2.45, 2.75) is 39.7 Å². The van der Waals surface area contributed by atoms with Crippen LogP contribution in [-0.4, -0.2) is 16.7 Å². The lowest BCUT2D eigenvalue weighted by atomic mass is 9.99. The number of thiophene rings is 1. The summed E-state index contributed by atoms with van der Waals surface area (Å²) in [6.07, 6.45) is 1.94. The predicted octanol–water partition coefficient (Wildman–Crippen LogP) is 3.30. The van der Waals surface area contributed by atoms with Crippen LogP contribution in [0.2, 0.25) is 0 Å². The molecule has 0 fully saturated rings. The van der Waals surface area contributed by atoms with E-state index in [4.69, 9.17) is 0 Å². The smallest absolute Gasteiger partial charge is 0.0676 e. The standard InChI is InChI=1S/C15H21N3S/c1-4-14-13(9-11(3)17-18-14)15(16-5-2)10-12-7-6-8-19-12/h6-9,15-16H,4-5,10H2,1-3H3. The van der Waals surface area contributed by atoms with Gasteiger partial charge in [0.1, 0.15) is 0 Å². The molecular formula is C15H21N3S. The van der Waals surface area contributed by atoms with E-state index < -0.39 is 0 Å². The summed E-state index contributed by atoms with van der Waals surface area (Å²) in [5.41, 5.74) is 3.39. The molecule has 0 radical (unpaired) electrons. The van der Waals surface area contributed by atoms with Crippen molar-refractivity contribution in [3.8, 4) is 0 Å². The van der Waals surface area contributed by atoms with Crippen molar-refractivity contribution >= 4 is 11.3 Å². The van der Waals surface area contributed by atoms with Crippen molar-refractivity contribution in [2.24, 2.45) is 0 Å². The van der Waals surface area contributed by atoms with Gasteiger partial charge in [-0.2, -0.15) is 10.2 Å². The second-order valence-corrected chi connectivity index (χ2v) is 5.67. The Kier molecular flexibility index (Phi) is 5.05. The van der Waals surface area contributed by atoms with E-state index in [1.165, 1.54) is 10.4 Å². The van der Waals surface area contributed by atoms with E-state index in [1.54, 1.807) is 0 Å². The predicted molar refractivity (Wildman–Crippen MR) is 80.6 cm³/mol. The zero-order valence-electron chi connectivity index (χ0n) is 11.8. The van der Waals surface area contributed by atoms with Crippen LogP contribution in [0.3, 0.4) is 0 Å². The Morgan fingerprint density at radius 1 is 1.32 bits per heavy atom. The van der Waals surface area contributed by atoms with Gasteiger partial charge in [0, 0.05) is 17.3 Å². The summed E-state index contributed by atoms with van der Waals surface area (Å²) in [6.45, 7) is 7.25. The molecule has 0 saturated heterocycles. The fraction of sp³-hybridized carbons (Fsp3) is 0.467. The maximum Gasteiger partial charge on any atom is 0.0676 e. The zero-order chi connectivity index (χ0) is 13.7. The minimum atomic E-state index is 0.327. The summed E-state index contributed by atoms with van der Waals surface area (Å²) in [6, 6.07) is 6.81. The molecule has 3 nitrogen and oxygen atoms in total. The molecule has 2 rings (SSSR count). The van der Waals surface area contributed by atoms with E-state index >= 15 is 0 Å². The molecule has 102 valence electrons. The van der Waals surface area contributed by atoms with E-state index in [-0.39, 0.29) is 0 Å². The molecule has 0 amide bonds. The van der Waals surface area contributed by atoms with Gasteiger partial charge in [0.15, 0.2) is 0 Å². The van der Waals surface area contributed by atoms with Gasteiger partial charge in [0.05, 0.1) is 11.4 Å². The van der Waals surface area contributed by atoms with Gasteiger partial charge in [-0.3, -0.25) is 0 Å². The van der Waals surface area contributed by atoms with Crippen LogP contribution in [0.15, 0.2) is 23.6 Å². The third kappa shape index (κ3) is 3.61.